The molecule has 0 amide bonds. The molecule has 0 aliphatic rings. The number of rotatable bonds is 1. The largest absolute Gasteiger partial charge is 0.398 e. The maximum atomic E-state index is 13.4. The monoisotopic (exact) mass is 241 g/mol. The molecule has 0 heterocycles. The molecule has 88 valence electrons. The molecule has 0 saturated heterocycles. The Morgan fingerprint density at radius 1 is 0.706 bits per heavy atom. The first kappa shape index (κ1) is 11.4. The molecule has 0 aliphatic carbocycles. The number of anilines is 1. The van der Waals surface area contributed by atoms with Crippen LogP contribution in [0, 0.1) is 23.3 Å². The van der Waals surface area contributed by atoms with E-state index in [1.54, 1.807) is 0 Å². The summed E-state index contributed by atoms with van der Waals surface area (Å²) in [6, 6.07) is 4.37. The third-order valence-electron chi connectivity index (χ3n) is 2.31. The molecule has 0 unspecified atom stereocenters. The van der Waals surface area contributed by atoms with Crippen LogP contribution in [0.1, 0.15) is 0 Å². The van der Waals surface area contributed by atoms with E-state index in [2.05, 4.69) is 0 Å². The molecule has 1 nitrogen and oxygen atoms in total. The Hall–Kier alpha value is -2.04. The summed E-state index contributed by atoms with van der Waals surface area (Å²) in [7, 11) is 0. The Morgan fingerprint density at radius 3 is 2.00 bits per heavy atom. The quantitative estimate of drug-likeness (QED) is 0.461. The number of benzene rings is 2. The number of nitrogens with two attached hydrogens (primary N) is 1. The van der Waals surface area contributed by atoms with Crippen molar-refractivity contribution in [2.24, 2.45) is 0 Å². The highest BCUT2D eigenvalue weighted by atomic mass is 19.2. The Bertz CT molecular complexity index is 581. The van der Waals surface area contributed by atoms with Crippen LogP contribution in [-0.4, -0.2) is 0 Å². The van der Waals surface area contributed by atoms with Crippen molar-refractivity contribution in [3.8, 4) is 11.1 Å². The van der Waals surface area contributed by atoms with Crippen LogP contribution in [0.2, 0.25) is 0 Å². The zero-order chi connectivity index (χ0) is 12.6. The Labute approximate surface area is 94.5 Å². The van der Waals surface area contributed by atoms with Crippen LogP contribution in [0.15, 0.2) is 30.3 Å². The van der Waals surface area contributed by atoms with Gasteiger partial charge >= 0.3 is 0 Å². The minimum atomic E-state index is -1.29. The molecule has 2 aromatic carbocycles. The average molecular weight is 241 g/mol. The van der Waals surface area contributed by atoms with E-state index in [1.165, 1.54) is 6.07 Å². The van der Waals surface area contributed by atoms with E-state index in [4.69, 9.17) is 5.73 Å². The maximum Gasteiger partial charge on any atom is 0.161 e. The van der Waals surface area contributed by atoms with Crippen molar-refractivity contribution in [3.05, 3.63) is 53.6 Å². The molecule has 0 saturated carbocycles. The summed E-state index contributed by atoms with van der Waals surface area (Å²) in [5.41, 5.74) is 5.35. The lowest BCUT2D eigenvalue weighted by atomic mass is 10.0. The van der Waals surface area contributed by atoms with Crippen molar-refractivity contribution < 1.29 is 17.6 Å². The lowest BCUT2D eigenvalue weighted by Gasteiger charge is -2.07. The van der Waals surface area contributed by atoms with Crippen molar-refractivity contribution in [2.75, 3.05) is 5.73 Å². The van der Waals surface area contributed by atoms with Crippen LogP contribution in [-0.2, 0) is 0 Å². The number of halogens is 4. The molecule has 0 spiro atoms. The molecule has 2 N–H and O–H groups in total. The van der Waals surface area contributed by atoms with Crippen molar-refractivity contribution in [1.29, 1.82) is 0 Å². The van der Waals surface area contributed by atoms with Gasteiger partial charge in [-0.2, -0.15) is 0 Å². The molecule has 0 bridgehead atoms. The predicted molar refractivity (Wildman–Crippen MR) is 56.1 cm³/mol. The maximum absolute atomic E-state index is 13.4. The van der Waals surface area contributed by atoms with Gasteiger partial charge in [-0.1, -0.05) is 0 Å². The van der Waals surface area contributed by atoms with Gasteiger partial charge in [-0.05, 0) is 24.3 Å². The summed E-state index contributed by atoms with van der Waals surface area (Å²) < 4.78 is 52.0. The second-order valence-electron chi connectivity index (χ2n) is 3.48. The van der Waals surface area contributed by atoms with E-state index >= 15 is 0 Å². The number of hydrogen-bond acceptors (Lipinski definition) is 1. The van der Waals surface area contributed by atoms with E-state index in [-0.39, 0.29) is 16.8 Å². The van der Waals surface area contributed by atoms with Gasteiger partial charge in [0, 0.05) is 22.9 Å². The fourth-order valence-corrected chi connectivity index (χ4v) is 1.51. The summed E-state index contributed by atoms with van der Waals surface area (Å²) >= 11 is 0. The number of nitrogen functional groups attached to an aromatic ring is 1. The first-order chi connectivity index (χ1) is 7.99. The fraction of sp³-hybridized carbons (Fsp3) is 0. The minimum absolute atomic E-state index is 0.0464. The highest BCUT2D eigenvalue weighted by Crippen LogP contribution is 2.30. The van der Waals surface area contributed by atoms with Gasteiger partial charge in [0.05, 0.1) is 0 Å². The van der Waals surface area contributed by atoms with Crippen LogP contribution in [0.25, 0.3) is 11.1 Å². The summed E-state index contributed by atoms with van der Waals surface area (Å²) in [6.07, 6.45) is 0. The molecule has 0 fully saturated rings. The molecular formula is C12H7F4N. The van der Waals surface area contributed by atoms with Crippen molar-refractivity contribution in [2.45, 2.75) is 0 Å². The average Bonchev–Trinajstić information content (AvgIpc) is 2.24. The second kappa shape index (κ2) is 4.08. The van der Waals surface area contributed by atoms with Crippen LogP contribution < -0.4 is 5.73 Å². The number of hydrogen-bond donors (Lipinski definition) is 1. The topological polar surface area (TPSA) is 26.0 Å². The second-order valence-corrected chi connectivity index (χ2v) is 3.48. The fourth-order valence-electron chi connectivity index (χ4n) is 1.51. The van der Waals surface area contributed by atoms with Crippen LogP contribution in [0.3, 0.4) is 0 Å². The normalized spacial score (nSPS) is 10.6. The minimum Gasteiger partial charge on any atom is -0.398 e. The van der Waals surface area contributed by atoms with Gasteiger partial charge in [-0.25, -0.2) is 17.6 Å². The summed E-state index contributed by atoms with van der Waals surface area (Å²) in [5.74, 6) is -4.02. The molecule has 0 aromatic heterocycles. The molecule has 0 radical (unpaired) electrons. The zero-order valence-electron chi connectivity index (χ0n) is 8.48. The van der Waals surface area contributed by atoms with E-state index in [0.29, 0.717) is 12.1 Å². The Balaban J connectivity index is 2.64. The SMILES string of the molecule is Nc1cc(F)ccc1-c1cc(F)c(F)cc1F. The Kier molecular flexibility index (Phi) is 2.75. The van der Waals surface area contributed by atoms with Gasteiger partial charge in [0.2, 0.25) is 0 Å². The molecular weight excluding hydrogens is 234 g/mol. The van der Waals surface area contributed by atoms with Crippen LogP contribution in [0.5, 0.6) is 0 Å². The molecule has 5 heteroatoms. The summed E-state index contributed by atoms with van der Waals surface area (Å²) in [5, 5.41) is 0. The lowest BCUT2D eigenvalue weighted by Crippen LogP contribution is -1.96. The summed E-state index contributed by atoms with van der Waals surface area (Å²) in [4.78, 5) is 0. The van der Waals surface area contributed by atoms with Gasteiger partial charge in [0.25, 0.3) is 0 Å². The third kappa shape index (κ3) is 2.08. The lowest BCUT2D eigenvalue weighted by molar-refractivity contribution is 0.496. The first-order valence-corrected chi connectivity index (χ1v) is 4.69. The highest BCUT2D eigenvalue weighted by molar-refractivity contribution is 5.76. The van der Waals surface area contributed by atoms with Gasteiger partial charge in [0.15, 0.2) is 11.6 Å². The van der Waals surface area contributed by atoms with Crippen molar-refractivity contribution in [1.82, 2.24) is 0 Å². The van der Waals surface area contributed by atoms with Gasteiger partial charge in [0.1, 0.15) is 11.6 Å². The standard InChI is InChI=1S/C12H7F4N/c13-6-1-2-7(12(17)3-6)8-4-10(15)11(16)5-9(8)14/h1-5H,17H2. The molecule has 2 aromatic rings. The molecule has 2 rings (SSSR count). The van der Waals surface area contributed by atoms with E-state index in [0.717, 1.165) is 12.1 Å². The summed E-state index contributed by atoms with van der Waals surface area (Å²) in [6.45, 7) is 0. The van der Waals surface area contributed by atoms with Crippen LogP contribution >= 0.6 is 0 Å². The third-order valence-corrected chi connectivity index (χ3v) is 2.31. The van der Waals surface area contributed by atoms with Gasteiger partial charge in [-0.3, -0.25) is 0 Å². The van der Waals surface area contributed by atoms with Gasteiger partial charge in [-0.15, -0.1) is 0 Å². The van der Waals surface area contributed by atoms with Gasteiger partial charge < -0.3 is 5.73 Å². The predicted octanol–water partition coefficient (Wildman–Crippen LogP) is 3.49. The highest BCUT2D eigenvalue weighted by Gasteiger charge is 2.13. The van der Waals surface area contributed by atoms with E-state index in [1.807, 2.05) is 0 Å². The Morgan fingerprint density at radius 2 is 1.35 bits per heavy atom. The van der Waals surface area contributed by atoms with E-state index in [9.17, 15) is 17.6 Å². The molecule has 0 aliphatic heterocycles. The first-order valence-electron chi connectivity index (χ1n) is 4.69. The van der Waals surface area contributed by atoms with Crippen molar-refractivity contribution >= 4 is 5.69 Å². The van der Waals surface area contributed by atoms with Crippen molar-refractivity contribution in [3.63, 3.8) is 0 Å². The zero-order valence-corrected chi connectivity index (χ0v) is 8.48. The van der Waals surface area contributed by atoms with Crippen LogP contribution in [0.4, 0.5) is 23.2 Å². The van der Waals surface area contributed by atoms with E-state index < -0.39 is 23.3 Å². The molecule has 0 atom stereocenters. The molecule has 17 heavy (non-hydrogen) atoms. The smallest absolute Gasteiger partial charge is 0.161 e.